The monoisotopic (exact) mass is 258 g/mol. The molecule has 0 saturated heterocycles. The molecule has 0 rings (SSSR count). The summed E-state index contributed by atoms with van der Waals surface area (Å²) >= 11 is 0. The molecule has 0 atom stereocenters. The molecule has 0 aliphatic rings. The lowest BCUT2D eigenvalue weighted by molar-refractivity contribution is -0.145. The van der Waals surface area contributed by atoms with Crippen molar-refractivity contribution in [3.05, 3.63) is 0 Å². The zero-order chi connectivity index (χ0) is 13.8. The summed E-state index contributed by atoms with van der Waals surface area (Å²) in [7, 11) is 1.39. The molecule has 5 nitrogen and oxygen atoms in total. The Morgan fingerprint density at radius 1 is 0.889 bits per heavy atom. The van der Waals surface area contributed by atoms with E-state index in [1.54, 1.807) is 0 Å². The van der Waals surface area contributed by atoms with E-state index in [2.05, 4.69) is 9.47 Å². The van der Waals surface area contributed by atoms with Crippen molar-refractivity contribution in [1.29, 1.82) is 0 Å². The third-order valence-electron chi connectivity index (χ3n) is 2.50. The van der Waals surface area contributed by atoms with Crippen molar-refractivity contribution < 1.29 is 23.9 Å². The predicted octanol–water partition coefficient (Wildman–Crippen LogP) is 2.02. The highest BCUT2D eigenvalue weighted by Crippen LogP contribution is 2.08. The van der Waals surface area contributed by atoms with Crippen LogP contribution in [0, 0.1) is 0 Å². The molecule has 18 heavy (non-hydrogen) atoms. The van der Waals surface area contributed by atoms with Gasteiger partial charge in [0.2, 0.25) is 0 Å². The van der Waals surface area contributed by atoms with E-state index in [4.69, 9.17) is 0 Å². The first-order valence-electron chi connectivity index (χ1n) is 6.28. The van der Waals surface area contributed by atoms with E-state index >= 15 is 0 Å². The number of ether oxygens (including phenoxy) is 2. The fourth-order valence-electron chi connectivity index (χ4n) is 1.48. The van der Waals surface area contributed by atoms with Crippen molar-refractivity contribution in [2.24, 2.45) is 0 Å². The number of esters is 2. The molecule has 0 N–H and O–H groups in total. The van der Waals surface area contributed by atoms with Gasteiger partial charge in [-0.05, 0) is 12.8 Å². The smallest absolute Gasteiger partial charge is 0.305 e. The van der Waals surface area contributed by atoms with Gasteiger partial charge in [-0.3, -0.25) is 14.4 Å². The third-order valence-corrected chi connectivity index (χ3v) is 2.50. The number of Topliss-reactive ketones (excluding diaryl/α,β-unsaturated/α-hetero) is 1. The summed E-state index contributed by atoms with van der Waals surface area (Å²) in [4.78, 5) is 32.5. The summed E-state index contributed by atoms with van der Waals surface area (Å²) in [6.07, 6.45) is 5.45. The highest BCUT2D eigenvalue weighted by molar-refractivity contribution is 5.81. The molecular formula is C13H22O5. The lowest BCUT2D eigenvalue weighted by atomic mass is 10.1. The molecule has 0 aliphatic carbocycles. The van der Waals surface area contributed by atoms with Gasteiger partial charge >= 0.3 is 11.9 Å². The first-order chi connectivity index (χ1) is 8.56. The lowest BCUT2D eigenvalue weighted by Crippen LogP contribution is -2.11. The first kappa shape index (κ1) is 16.6. The van der Waals surface area contributed by atoms with Crippen LogP contribution >= 0.6 is 0 Å². The maximum atomic E-state index is 11.2. The van der Waals surface area contributed by atoms with Crippen molar-refractivity contribution in [1.82, 2.24) is 0 Å². The molecule has 104 valence electrons. The minimum atomic E-state index is -0.425. The van der Waals surface area contributed by atoms with Crippen LogP contribution in [0.25, 0.3) is 0 Å². The molecule has 0 saturated carbocycles. The molecule has 0 aliphatic heterocycles. The van der Waals surface area contributed by atoms with E-state index in [0.717, 1.165) is 32.1 Å². The first-order valence-corrected chi connectivity index (χ1v) is 6.28. The van der Waals surface area contributed by atoms with Crippen LogP contribution in [0.15, 0.2) is 0 Å². The molecule has 0 unspecified atom stereocenters. The van der Waals surface area contributed by atoms with E-state index in [1.165, 1.54) is 14.0 Å². The van der Waals surface area contributed by atoms with Gasteiger partial charge < -0.3 is 9.47 Å². The maximum absolute atomic E-state index is 11.2. The third kappa shape index (κ3) is 11.1. The molecular weight excluding hydrogens is 236 g/mol. The number of carbonyl (C=O) groups excluding carboxylic acids is 3. The van der Waals surface area contributed by atoms with Gasteiger partial charge in [0.25, 0.3) is 0 Å². The van der Waals surface area contributed by atoms with Gasteiger partial charge in [0.1, 0.15) is 6.61 Å². The van der Waals surface area contributed by atoms with E-state index in [9.17, 15) is 14.4 Å². The van der Waals surface area contributed by atoms with Gasteiger partial charge in [-0.15, -0.1) is 0 Å². The largest absolute Gasteiger partial charge is 0.469 e. The molecule has 0 aromatic heterocycles. The Morgan fingerprint density at radius 2 is 1.44 bits per heavy atom. The Bertz CT molecular complexity index is 273. The SMILES string of the molecule is COC(=O)CCCCCCCC(=O)COC(C)=O. The summed E-state index contributed by atoms with van der Waals surface area (Å²) in [6, 6.07) is 0. The number of hydrogen-bond donors (Lipinski definition) is 0. The standard InChI is InChI=1S/C13H22O5/c1-11(14)18-10-12(15)8-6-4-3-5-7-9-13(16)17-2/h3-10H2,1-2H3. The number of rotatable bonds is 10. The summed E-state index contributed by atoms with van der Waals surface area (Å²) in [5, 5.41) is 0. The van der Waals surface area contributed by atoms with Crippen LogP contribution in [0.5, 0.6) is 0 Å². The summed E-state index contributed by atoms with van der Waals surface area (Å²) < 4.78 is 9.13. The van der Waals surface area contributed by atoms with Crippen LogP contribution < -0.4 is 0 Å². The normalized spacial score (nSPS) is 9.89. The van der Waals surface area contributed by atoms with E-state index in [1.807, 2.05) is 0 Å². The van der Waals surface area contributed by atoms with Gasteiger partial charge in [0.15, 0.2) is 5.78 Å². The molecule has 0 amide bonds. The van der Waals surface area contributed by atoms with Gasteiger partial charge in [0, 0.05) is 19.8 Å². The highest BCUT2D eigenvalue weighted by atomic mass is 16.5. The number of ketones is 1. The molecule has 0 radical (unpaired) electrons. The summed E-state index contributed by atoms with van der Waals surface area (Å²) in [5.41, 5.74) is 0. The predicted molar refractivity (Wildman–Crippen MR) is 66.0 cm³/mol. The molecule has 0 fully saturated rings. The Balaban J connectivity index is 3.27. The van der Waals surface area contributed by atoms with Crippen molar-refractivity contribution in [2.75, 3.05) is 13.7 Å². The Labute approximate surface area is 108 Å². The molecule has 5 heteroatoms. The van der Waals surface area contributed by atoms with Gasteiger partial charge in [-0.1, -0.05) is 19.3 Å². The second-order valence-electron chi connectivity index (χ2n) is 4.16. The second kappa shape index (κ2) is 10.7. The Kier molecular flexibility index (Phi) is 9.91. The van der Waals surface area contributed by atoms with Crippen LogP contribution in [0.4, 0.5) is 0 Å². The fourth-order valence-corrected chi connectivity index (χ4v) is 1.48. The Hall–Kier alpha value is -1.39. The minimum absolute atomic E-state index is 0.0419. The van der Waals surface area contributed by atoms with Gasteiger partial charge in [-0.2, -0.15) is 0 Å². The van der Waals surface area contributed by atoms with Crippen molar-refractivity contribution in [3.8, 4) is 0 Å². The molecule has 0 bridgehead atoms. The van der Waals surface area contributed by atoms with Crippen molar-refractivity contribution in [2.45, 2.75) is 51.9 Å². The zero-order valence-electron chi connectivity index (χ0n) is 11.2. The maximum Gasteiger partial charge on any atom is 0.305 e. The van der Waals surface area contributed by atoms with Gasteiger partial charge in [0.05, 0.1) is 7.11 Å². The summed E-state index contributed by atoms with van der Waals surface area (Å²) in [5.74, 6) is -0.641. The van der Waals surface area contributed by atoms with Crippen molar-refractivity contribution in [3.63, 3.8) is 0 Å². The van der Waals surface area contributed by atoms with E-state index < -0.39 is 5.97 Å². The summed E-state index contributed by atoms with van der Waals surface area (Å²) in [6.45, 7) is 1.17. The van der Waals surface area contributed by atoms with E-state index in [0.29, 0.717) is 12.8 Å². The van der Waals surface area contributed by atoms with Crippen LogP contribution in [0.3, 0.4) is 0 Å². The molecule has 0 heterocycles. The number of carbonyl (C=O) groups is 3. The van der Waals surface area contributed by atoms with Crippen molar-refractivity contribution >= 4 is 17.7 Å². The number of methoxy groups -OCH3 is 1. The molecule has 0 aromatic carbocycles. The fraction of sp³-hybridized carbons (Fsp3) is 0.769. The Morgan fingerprint density at radius 3 is 2.00 bits per heavy atom. The minimum Gasteiger partial charge on any atom is -0.469 e. The molecule has 0 aromatic rings. The average molecular weight is 258 g/mol. The zero-order valence-corrected chi connectivity index (χ0v) is 11.2. The van der Waals surface area contributed by atoms with Crippen LogP contribution in [0.2, 0.25) is 0 Å². The second-order valence-corrected chi connectivity index (χ2v) is 4.16. The van der Waals surface area contributed by atoms with Crippen LogP contribution in [-0.4, -0.2) is 31.4 Å². The number of hydrogen-bond acceptors (Lipinski definition) is 5. The highest BCUT2D eigenvalue weighted by Gasteiger charge is 2.04. The number of unbranched alkanes of at least 4 members (excludes halogenated alkanes) is 4. The van der Waals surface area contributed by atoms with Gasteiger partial charge in [-0.25, -0.2) is 0 Å². The lowest BCUT2D eigenvalue weighted by Gasteiger charge is -2.02. The molecule has 0 spiro atoms. The van der Waals surface area contributed by atoms with Crippen LogP contribution in [0.1, 0.15) is 51.9 Å². The quantitative estimate of drug-likeness (QED) is 0.443. The van der Waals surface area contributed by atoms with Crippen LogP contribution in [-0.2, 0) is 23.9 Å². The topological polar surface area (TPSA) is 69.7 Å². The average Bonchev–Trinajstić information content (AvgIpc) is 2.34. The van der Waals surface area contributed by atoms with E-state index in [-0.39, 0.29) is 18.4 Å².